The van der Waals surface area contributed by atoms with Crippen molar-refractivity contribution >= 4 is 23.9 Å². The van der Waals surface area contributed by atoms with E-state index in [2.05, 4.69) is 27.7 Å². The van der Waals surface area contributed by atoms with E-state index in [1.165, 1.54) is 103 Å². The highest BCUT2D eigenvalue weighted by Gasteiger charge is 2.22. The van der Waals surface area contributed by atoms with Gasteiger partial charge in [0.1, 0.15) is 0 Å². The minimum Gasteiger partial charge on any atom is -0.466 e. The van der Waals surface area contributed by atoms with E-state index >= 15 is 0 Å². The van der Waals surface area contributed by atoms with Gasteiger partial charge in [-0.1, -0.05) is 195 Å². The molecule has 0 radical (unpaired) electrons. The molecular weight excluding hydrogens is 745 g/mol. The van der Waals surface area contributed by atoms with Crippen molar-refractivity contribution in [2.45, 2.75) is 259 Å². The van der Waals surface area contributed by atoms with Crippen LogP contribution >= 0.6 is 0 Å². The molecule has 0 saturated carbocycles. The third-order valence-corrected chi connectivity index (χ3v) is 11.5. The third-order valence-electron chi connectivity index (χ3n) is 11.5. The van der Waals surface area contributed by atoms with Crippen molar-refractivity contribution in [1.82, 2.24) is 0 Å². The highest BCUT2D eigenvalue weighted by molar-refractivity contribution is 5.81. The molecular formula is C50H94O9. The van der Waals surface area contributed by atoms with Gasteiger partial charge in [-0.2, -0.15) is 0 Å². The van der Waals surface area contributed by atoms with E-state index in [0.717, 1.165) is 103 Å². The molecule has 348 valence electrons. The molecule has 0 aromatic heterocycles. The number of esters is 4. The predicted molar refractivity (Wildman–Crippen MR) is 241 cm³/mol. The average molecular weight is 839 g/mol. The Morgan fingerprint density at radius 3 is 0.932 bits per heavy atom. The minimum absolute atomic E-state index is 0.0225. The van der Waals surface area contributed by atoms with Crippen LogP contribution < -0.4 is 0 Å². The first kappa shape index (κ1) is 56.8. The van der Waals surface area contributed by atoms with Crippen molar-refractivity contribution in [1.29, 1.82) is 0 Å². The lowest BCUT2D eigenvalue weighted by molar-refractivity contribution is -0.160. The largest absolute Gasteiger partial charge is 0.466 e. The lowest BCUT2D eigenvalue weighted by Crippen LogP contribution is -2.27. The second kappa shape index (κ2) is 43.9. The van der Waals surface area contributed by atoms with Gasteiger partial charge in [-0.25, -0.2) is 4.79 Å². The SMILES string of the molecule is CCCCCCCCC(CCCCCC)C(=O)OCCCCCCCOC(=O)CC(O)C(=O)OCCCCCCCOC(=O)C(CCCCCC)CCCCCCCC. The lowest BCUT2D eigenvalue weighted by Gasteiger charge is -2.16. The molecule has 0 aromatic rings. The maximum atomic E-state index is 12.8. The van der Waals surface area contributed by atoms with E-state index in [1.54, 1.807) is 0 Å². The van der Waals surface area contributed by atoms with Gasteiger partial charge < -0.3 is 24.1 Å². The first-order valence-electron chi connectivity index (χ1n) is 25.1. The number of carbonyl (C=O) groups is 4. The van der Waals surface area contributed by atoms with Crippen LogP contribution in [0.25, 0.3) is 0 Å². The second-order valence-corrected chi connectivity index (χ2v) is 17.2. The molecule has 59 heavy (non-hydrogen) atoms. The summed E-state index contributed by atoms with van der Waals surface area (Å²) in [6, 6.07) is 0. The monoisotopic (exact) mass is 839 g/mol. The quantitative estimate of drug-likeness (QED) is 0.0362. The summed E-state index contributed by atoms with van der Waals surface area (Å²) in [5.74, 6) is -1.41. The molecule has 9 nitrogen and oxygen atoms in total. The maximum absolute atomic E-state index is 12.8. The minimum atomic E-state index is -1.53. The fraction of sp³-hybridized carbons (Fsp3) is 0.920. The van der Waals surface area contributed by atoms with Crippen LogP contribution in [-0.4, -0.2) is 61.5 Å². The summed E-state index contributed by atoms with van der Waals surface area (Å²) >= 11 is 0. The standard InChI is InChI=1S/C50H94O9/c1-5-9-13-17-21-29-37-44(35-27-15-11-7-3)48(53)57-40-32-24-19-23-31-39-56-47(52)43-46(51)50(55)59-42-34-26-20-25-33-41-58-49(54)45(36-28-16-12-8-4)38-30-22-18-14-10-6-2/h44-46,51H,5-43H2,1-4H3. The number of rotatable bonds is 45. The Morgan fingerprint density at radius 1 is 0.339 bits per heavy atom. The molecule has 0 saturated heterocycles. The van der Waals surface area contributed by atoms with E-state index in [0.29, 0.717) is 26.1 Å². The molecule has 3 unspecified atom stereocenters. The Hall–Kier alpha value is -2.16. The second-order valence-electron chi connectivity index (χ2n) is 17.2. The van der Waals surface area contributed by atoms with Crippen LogP contribution in [-0.2, 0) is 38.1 Å². The topological polar surface area (TPSA) is 125 Å². The summed E-state index contributed by atoms with van der Waals surface area (Å²) in [6.45, 7) is 10.2. The van der Waals surface area contributed by atoms with Crippen LogP contribution in [0, 0.1) is 11.8 Å². The Morgan fingerprint density at radius 2 is 0.593 bits per heavy atom. The van der Waals surface area contributed by atoms with Crippen molar-refractivity contribution in [2.24, 2.45) is 11.8 Å². The van der Waals surface area contributed by atoms with Gasteiger partial charge in [-0.05, 0) is 51.4 Å². The molecule has 9 heteroatoms. The van der Waals surface area contributed by atoms with Gasteiger partial charge in [0.15, 0.2) is 6.10 Å². The summed E-state index contributed by atoms with van der Waals surface area (Å²) in [7, 11) is 0. The smallest absolute Gasteiger partial charge is 0.335 e. The van der Waals surface area contributed by atoms with Gasteiger partial charge in [-0.3, -0.25) is 14.4 Å². The molecule has 0 amide bonds. The summed E-state index contributed by atoms with van der Waals surface area (Å²) in [6.07, 6.45) is 34.5. The molecule has 3 atom stereocenters. The van der Waals surface area contributed by atoms with Crippen LogP contribution in [0.1, 0.15) is 252 Å². The normalized spacial score (nSPS) is 12.8. The van der Waals surface area contributed by atoms with Gasteiger partial charge in [0.2, 0.25) is 0 Å². The number of hydrogen-bond acceptors (Lipinski definition) is 9. The van der Waals surface area contributed by atoms with Crippen LogP contribution in [0.4, 0.5) is 0 Å². The van der Waals surface area contributed by atoms with E-state index in [1.807, 2.05) is 0 Å². The van der Waals surface area contributed by atoms with Gasteiger partial charge in [0.05, 0.1) is 44.7 Å². The zero-order chi connectivity index (χ0) is 43.4. The Bertz CT molecular complexity index is 970. The van der Waals surface area contributed by atoms with Gasteiger partial charge in [0, 0.05) is 0 Å². The Kier molecular flexibility index (Phi) is 42.3. The molecule has 0 aliphatic rings. The number of aliphatic hydroxyl groups excluding tert-OH is 1. The van der Waals surface area contributed by atoms with Crippen molar-refractivity contribution in [2.75, 3.05) is 26.4 Å². The first-order valence-corrected chi connectivity index (χ1v) is 25.1. The third kappa shape index (κ3) is 37.3. The molecule has 0 fully saturated rings. The highest BCUT2D eigenvalue weighted by atomic mass is 16.6. The summed E-state index contributed by atoms with van der Waals surface area (Å²) in [5, 5.41) is 10.1. The zero-order valence-corrected chi connectivity index (χ0v) is 39.0. The van der Waals surface area contributed by atoms with E-state index in [-0.39, 0.29) is 37.0 Å². The molecule has 0 spiro atoms. The van der Waals surface area contributed by atoms with E-state index < -0.39 is 24.5 Å². The maximum Gasteiger partial charge on any atom is 0.335 e. The predicted octanol–water partition coefficient (Wildman–Crippen LogP) is 13.5. The molecule has 0 bridgehead atoms. The van der Waals surface area contributed by atoms with E-state index in [9.17, 15) is 24.3 Å². The van der Waals surface area contributed by atoms with Crippen LogP contribution in [0.5, 0.6) is 0 Å². The number of unbranched alkanes of at least 4 members (excludes halogenated alkanes) is 24. The molecule has 0 rings (SSSR count). The Labute approximate surface area is 363 Å². The highest BCUT2D eigenvalue weighted by Crippen LogP contribution is 2.22. The van der Waals surface area contributed by atoms with Gasteiger partial charge in [-0.15, -0.1) is 0 Å². The first-order chi connectivity index (χ1) is 28.8. The van der Waals surface area contributed by atoms with Crippen molar-refractivity contribution in [3.63, 3.8) is 0 Å². The zero-order valence-electron chi connectivity index (χ0n) is 39.0. The van der Waals surface area contributed by atoms with Crippen molar-refractivity contribution < 1.29 is 43.2 Å². The molecule has 0 aromatic carbocycles. The van der Waals surface area contributed by atoms with Crippen LogP contribution in [0.15, 0.2) is 0 Å². The number of aliphatic hydroxyl groups is 1. The summed E-state index contributed by atoms with van der Waals surface area (Å²) < 4.78 is 21.8. The summed E-state index contributed by atoms with van der Waals surface area (Å²) in [4.78, 5) is 50.0. The molecule has 1 N–H and O–H groups in total. The number of hydrogen-bond donors (Lipinski definition) is 1. The molecule has 0 aliphatic heterocycles. The Balaban J connectivity index is 3.99. The molecule has 0 aliphatic carbocycles. The fourth-order valence-corrected chi connectivity index (χ4v) is 7.54. The lowest BCUT2D eigenvalue weighted by atomic mass is 9.94. The van der Waals surface area contributed by atoms with Crippen molar-refractivity contribution in [3.05, 3.63) is 0 Å². The van der Waals surface area contributed by atoms with Crippen molar-refractivity contribution in [3.8, 4) is 0 Å². The number of ether oxygens (including phenoxy) is 4. The number of carbonyl (C=O) groups excluding carboxylic acids is 4. The van der Waals surface area contributed by atoms with Crippen LogP contribution in [0.2, 0.25) is 0 Å². The van der Waals surface area contributed by atoms with Gasteiger partial charge >= 0.3 is 23.9 Å². The van der Waals surface area contributed by atoms with E-state index in [4.69, 9.17) is 18.9 Å². The van der Waals surface area contributed by atoms with Crippen LogP contribution in [0.3, 0.4) is 0 Å². The summed E-state index contributed by atoms with van der Waals surface area (Å²) in [5.41, 5.74) is 0. The fourth-order valence-electron chi connectivity index (χ4n) is 7.54. The molecule has 0 heterocycles. The average Bonchev–Trinajstić information content (AvgIpc) is 3.23. The van der Waals surface area contributed by atoms with Gasteiger partial charge in [0.25, 0.3) is 0 Å².